The summed E-state index contributed by atoms with van der Waals surface area (Å²) in [6, 6.07) is 9.58. The molecule has 0 aliphatic carbocycles. The van der Waals surface area contributed by atoms with Gasteiger partial charge in [-0.25, -0.2) is 14.3 Å². The smallest absolute Gasteiger partial charge is 0.378 e. The molecule has 0 aliphatic rings. The first kappa shape index (κ1) is 15.0. The van der Waals surface area contributed by atoms with Crippen LogP contribution < -0.4 is 0 Å². The number of aromatic nitrogens is 4. The predicted molar refractivity (Wildman–Crippen MR) is 91.5 cm³/mol. The molecule has 1 aromatic carbocycles. The summed E-state index contributed by atoms with van der Waals surface area (Å²) in [6.07, 6.45) is 1.62. The minimum absolute atomic E-state index is 0.0194. The number of hydrogen-bond donors (Lipinski definition) is 0. The number of hydrogen-bond acceptors (Lipinski definition) is 6. The van der Waals surface area contributed by atoms with Crippen LogP contribution in [0.5, 0.6) is 0 Å². The van der Waals surface area contributed by atoms with Crippen LogP contribution in [0.25, 0.3) is 15.9 Å². The molecule has 0 unspecified atom stereocenters. The number of nitrogens with zero attached hydrogens (tertiary/aromatic N) is 4. The molecule has 3 aromatic heterocycles. The van der Waals surface area contributed by atoms with Crippen LogP contribution in [0.15, 0.2) is 36.5 Å². The molecule has 0 N–H and O–H groups in total. The van der Waals surface area contributed by atoms with Gasteiger partial charge in [0.05, 0.1) is 9.90 Å². The second-order valence-corrected chi connectivity index (χ2v) is 6.66. The quantitative estimate of drug-likeness (QED) is 0.523. The van der Waals surface area contributed by atoms with E-state index in [1.165, 1.54) is 15.9 Å². The molecule has 6 nitrogen and oxygen atoms in total. The second kappa shape index (κ2) is 5.85. The van der Waals surface area contributed by atoms with Gasteiger partial charge in [0.1, 0.15) is 6.61 Å². The molecule has 0 saturated carbocycles. The highest BCUT2D eigenvalue weighted by Gasteiger charge is 2.18. The van der Waals surface area contributed by atoms with E-state index < -0.39 is 5.97 Å². The minimum atomic E-state index is -0.603. The van der Waals surface area contributed by atoms with E-state index in [9.17, 15) is 4.79 Å². The van der Waals surface area contributed by atoms with E-state index in [0.29, 0.717) is 10.8 Å². The SMILES string of the molecule is Cc1ccnc2nc(C(=O)OCc3sc4ccccc4c3Cl)nn12. The van der Waals surface area contributed by atoms with Gasteiger partial charge in [0.15, 0.2) is 0 Å². The summed E-state index contributed by atoms with van der Waals surface area (Å²) in [6.45, 7) is 1.94. The zero-order valence-corrected chi connectivity index (χ0v) is 14.1. The van der Waals surface area contributed by atoms with Crippen LogP contribution in [0.4, 0.5) is 0 Å². The first-order valence-electron chi connectivity index (χ1n) is 7.15. The summed E-state index contributed by atoms with van der Waals surface area (Å²) in [7, 11) is 0. The van der Waals surface area contributed by atoms with Gasteiger partial charge in [-0.2, -0.15) is 4.98 Å². The largest absolute Gasteiger partial charge is 0.454 e. The van der Waals surface area contributed by atoms with E-state index in [1.54, 1.807) is 12.3 Å². The monoisotopic (exact) mass is 358 g/mol. The molecule has 0 saturated heterocycles. The van der Waals surface area contributed by atoms with Gasteiger partial charge >= 0.3 is 5.97 Å². The van der Waals surface area contributed by atoms with Gasteiger partial charge in [0.25, 0.3) is 11.6 Å². The van der Waals surface area contributed by atoms with Crippen LogP contribution in [-0.4, -0.2) is 25.6 Å². The summed E-state index contributed by atoms with van der Waals surface area (Å²) >= 11 is 7.85. The van der Waals surface area contributed by atoms with E-state index in [0.717, 1.165) is 20.7 Å². The number of thiophene rings is 1. The normalized spacial score (nSPS) is 11.2. The summed E-state index contributed by atoms with van der Waals surface area (Å²) in [5.74, 6) is -0.260. The van der Waals surface area contributed by atoms with Crippen LogP contribution in [0.2, 0.25) is 5.02 Å². The molecule has 120 valence electrons. The van der Waals surface area contributed by atoms with Crippen molar-refractivity contribution in [3.05, 3.63) is 57.9 Å². The Hall–Kier alpha value is -2.51. The molecule has 0 bridgehead atoms. The Morgan fingerprint density at radius 2 is 2.17 bits per heavy atom. The Morgan fingerprint density at radius 1 is 1.33 bits per heavy atom. The summed E-state index contributed by atoms with van der Waals surface area (Å²) < 4.78 is 7.87. The molecule has 0 spiro atoms. The Morgan fingerprint density at radius 3 is 2.96 bits per heavy atom. The molecule has 0 radical (unpaired) electrons. The average Bonchev–Trinajstić information content (AvgIpc) is 3.16. The first-order chi connectivity index (χ1) is 11.6. The summed E-state index contributed by atoms with van der Waals surface area (Å²) in [4.78, 5) is 21.2. The number of fused-ring (bicyclic) bond motifs is 2. The van der Waals surface area contributed by atoms with Crippen molar-refractivity contribution in [3.8, 4) is 0 Å². The third kappa shape index (κ3) is 2.51. The molecule has 0 aliphatic heterocycles. The van der Waals surface area contributed by atoms with Crippen molar-refractivity contribution in [3.63, 3.8) is 0 Å². The van der Waals surface area contributed by atoms with Gasteiger partial charge in [-0.15, -0.1) is 16.4 Å². The highest BCUT2D eigenvalue weighted by Crippen LogP contribution is 2.35. The van der Waals surface area contributed by atoms with Gasteiger partial charge in [0.2, 0.25) is 0 Å². The zero-order chi connectivity index (χ0) is 16.7. The number of halogens is 1. The molecule has 24 heavy (non-hydrogen) atoms. The van der Waals surface area contributed by atoms with Gasteiger partial charge in [-0.05, 0) is 19.1 Å². The Labute approximate surface area is 145 Å². The van der Waals surface area contributed by atoms with E-state index in [2.05, 4.69) is 15.1 Å². The number of ether oxygens (including phenoxy) is 1. The fourth-order valence-electron chi connectivity index (χ4n) is 2.35. The second-order valence-electron chi connectivity index (χ2n) is 5.14. The average molecular weight is 359 g/mol. The molecule has 0 atom stereocenters. The number of carbonyl (C=O) groups is 1. The minimum Gasteiger partial charge on any atom is -0.454 e. The summed E-state index contributed by atoms with van der Waals surface area (Å²) in [5, 5.41) is 5.70. The lowest BCUT2D eigenvalue weighted by Gasteiger charge is -2.00. The Bertz CT molecular complexity index is 1070. The first-order valence-corrected chi connectivity index (χ1v) is 8.34. The Balaban J connectivity index is 1.56. The molecule has 4 rings (SSSR count). The maximum Gasteiger partial charge on any atom is 0.378 e. The molecular weight excluding hydrogens is 348 g/mol. The highest BCUT2D eigenvalue weighted by atomic mass is 35.5. The molecule has 0 fully saturated rings. The molecule has 4 aromatic rings. The lowest BCUT2D eigenvalue weighted by Crippen LogP contribution is -2.07. The van der Waals surface area contributed by atoms with Gasteiger partial charge in [-0.1, -0.05) is 29.8 Å². The van der Waals surface area contributed by atoms with Crippen molar-refractivity contribution >= 4 is 44.8 Å². The maximum absolute atomic E-state index is 12.2. The van der Waals surface area contributed by atoms with Crippen molar-refractivity contribution in [2.24, 2.45) is 0 Å². The number of rotatable bonds is 3. The van der Waals surface area contributed by atoms with Crippen molar-refractivity contribution < 1.29 is 9.53 Å². The van der Waals surface area contributed by atoms with Crippen LogP contribution in [0.3, 0.4) is 0 Å². The third-order valence-electron chi connectivity index (χ3n) is 3.55. The van der Waals surface area contributed by atoms with E-state index >= 15 is 0 Å². The van der Waals surface area contributed by atoms with Crippen LogP contribution in [-0.2, 0) is 11.3 Å². The number of esters is 1. The van der Waals surface area contributed by atoms with Crippen molar-refractivity contribution in [2.45, 2.75) is 13.5 Å². The van der Waals surface area contributed by atoms with E-state index in [-0.39, 0.29) is 12.4 Å². The van der Waals surface area contributed by atoms with Crippen molar-refractivity contribution in [2.75, 3.05) is 0 Å². The van der Waals surface area contributed by atoms with E-state index in [1.807, 2.05) is 31.2 Å². The topological polar surface area (TPSA) is 69.4 Å². The zero-order valence-electron chi connectivity index (χ0n) is 12.6. The van der Waals surface area contributed by atoms with Crippen molar-refractivity contribution in [1.29, 1.82) is 0 Å². The number of carbonyl (C=O) groups excluding carboxylic acids is 1. The fraction of sp³-hybridized carbons (Fsp3) is 0.125. The lowest BCUT2D eigenvalue weighted by atomic mass is 10.2. The van der Waals surface area contributed by atoms with Gasteiger partial charge in [-0.3, -0.25) is 0 Å². The molecule has 8 heteroatoms. The van der Waals surface area contributed by atoms with Crippen molar-refractivity contribution in [1.82, 2.24) is 19.6 Å². The van der Waals surface area contributed by atoms with Crippen LogP contribution >= 0.6 is 22.9 Å². The lowest BCUT2D eigenvalue weighted by molar-refractivity contribution is 0.0463. The van der Waals surface area contributed by atoms with Crippen LogP contribution in [0.1, 0.15) is 21.2 Å². The van der Waals surface area contributed by atoms with Crippen LogP contribution in [0, 0.1) is 6.92 Å². The maximum atomic E-state index is 12.2. The predicted octanol–water partition coefficient (Wildman–Crippen LogP) is 3.66. The fourth-order valence-corrected chi connectivity index (χ4v) is 3.75. The third-order valence-corrected chi connectivity index (χ3v) is 5.24. The van der Waals surface area contributed by atoms with Gasteiger partial charge < -0.3 is 4.74 Å². The molecular formula is C16H11ClN4O2S. The summed E-state index contributed by atoms with van der Waals surface area (Å²) in [5.41, 5.74) is 0.833. The van der Waals surface area contributed by atoms with Gasteiger partial charge in [0, 0.05) is 22.0 Å². The van der Waals surface area contributed by atoms with E-state index in [4.69, 9.17) is 16.3 Å². The molecule has 3 heterocycles. The standard InChI is InChI=1S/C16H11ClN4O2S/c1-9-6-7-18-16-19-14(20-21(9)16)15(22)23-8-12-13(17)10-4-2-3-5-11(10)24-12/h2-7H,8H2,1H3. The number of aryl methyl sites for hydroxylation is 1. The highest BCUT2D eigenvalue weighted by molar-refractivity contribution is 7.19. The molecule has 0 amide bonds. The number of benzene rings is 1. The Kier molecular flexibility index (Phi) is 3.66.